The van der Waals surface area contributed by atoms with E-state index in [9.17, 15) is 4.79 Å². The van der Waals surface area contributed by atoms with Crippen molar-refractivity contribution in [3.05, 3.63) is 60.7 Å². The number of carbonyl (C=O) groups is 1. The minimum atomic E-state index is -0.146. The van der Waals surface area contributed by atoms with Crippen LogP contribution < -0.4 is 20.1 Å². The second-order valence-corrected chi connectivity index (χ2v) is 7.08. The molecule has 1 amide bonds. The Balaban J connectivity index is 1.77. The first-order valence-electron chi connectivity index (χ1n) is 10.2. The molecule has 0 fully saturated rings. The van der Waals surface area contributed by atoms with Crippen molar-refractivity contribution in [2.75, 3.05) is 30.4 Å². The van der Waals surface area contributed by atoms with E-state index >= 15 is 0 Å². The smallest absolute Gasteiger partial charge is 0.243 e. The van der Waals surface area contributed by atoms with E-state index in [1.807, 2.05) is 55.5 Å². The van der Waals surface area contributed by atoms with Crippen LogP contribution in [0.4, 0.5) is 11.4 Å². The molecule has 5 heteroatoms. The molecule has 156 valence electrons. The van der Waals surface area contributed by atoms with Gasteiger partial charge in [-0.2, -0.15) is 0 Å². The highest BCUT2D eigenvalue weighted by atomic mass is 16.5. The van der Waals surface area contributed by atoms with Crippen LogP contribution in [-0.4, -0.2) is 25.7 Å². The SMILES string of the molecule is C=C(C)COc1ccccc1NC(=O)CNc1ccc(OCCCCCC)cc1. The molecule has 0 aromatic heterocycles. The number of rotatable bonds is 13. The number of anilines is 2. The molecule has 0 radical (unpaired) electrons. The zero-order valence-electron chi connectivity index (χ0n) is 17.5. The molecule has 29 heavy (non-hydrogen) atoms. The second-order valence-electron chi connectivity index (χ2n) is 7.08. The summed E-state index contributed by atoms with van der Waals surface area (Å²) in [6.07, 6.45) is 4.75. The number of hydrogen-bond acceptors (Lipinski definition) is 4. The van der Waals surface area contributed by atoms with Gasteiger partial charge >= 0.3 is 0 Å². The van der Waals surface area contributed by atoms with Crippen molar-refractivity contribution in [3.63, 3.8) is 0 Å². The number of carbonyl (C=O) groups excluding carboxylic acids is 1. The molecule has 0 saturated carbocycles. The molecule has 2 rings (SSSR count). The molecule has 0 aliphatic carbocycles. The number of nitrogens with one attached hydrogen (secondary N) is 2. The highest BCUT2D eigenvalue weighted by Gasteiger charge is 2.08. The number of amides is 1. The van der Waals surface area contributed by atoms with Crippen molar-refractivity contribution >= 4 is 17.3 Å². The first-order chi connectivity index (χ1) is 14.1. The summed E-state index contributed by atoms with van der Waals surface area (Å²) in [5.74, 6) is 1.33. The lowest BCUT2D eigenvalue weighted by atomic mass is 10.2. The Bertz CT molecular complexity index is 772. The lowest BCUT2D eigenvalue weighted by Gasteiger charge is -2.13. The minimum absolute atomic E-state index is 0.146. The van der Waals surface area contributed by atoms with Crippen LogP contribution in [0.1, 0.15) is 39.5 Å². The van der Waals surface area contributed by atoms with Gasteiger partial charge in [-0.05, 0) is 55.3 Å². The van der Waals surface area contributed by atoms with E-state index in [1.165, 1.54) is 19.3 Å². The van der Waals surface area contributed by atoms with E-state index in [0.717, 1.165) is 30.0 Å². The van der Waals surface area contributed by atoms with Crippen molar-refractivity contribution in [1.82, 2.24) is 0 Å². The molecule has 2 aromatic carbocycles. The maximum absolute atomic E-state index is 12.3. The van der Waals surface area contributed by atoms with Crippen LogP contribution in [0.15, 0.2) is 60.7 Å². The van der Waals surface area contributed by atoms with E-state index in [0.29, 0.717) is 18.0 Å². The van der Waals surface area contributed by atoms with Gasteiger partial charge in [0.05, 0.1) is 18.8 Å². The van der Waals surface area contributed by atoms with Crippen LogP contribution in [0.2, 0.25) is 0 Å². The Hall–Kier alpha value is -2.95. The number of unbranched alkanes of at least 4 members (excludes halogenated alkanes) is 3. The quantitative estimate of drug-likeness (QED) is 0.339. The first kappa shape index (κ1) is 22.3. The standard InChI is InChI=1S/C24H32N2O3/c1-4-5-6-9-16-28-21-14-12-20(13-15-21)25-17-24(27)26-22-10-7-8-11-23(22)29-18-19(2)3/h7-8,10-15,25H,2,4-6,9,16-18H2,1,3H3,(H,26,27). The molecule has 0 spiro atoms. The molecule has 5 nitrogen and oxygen atoms in total. The maximum Gasteiger partial charge on any atom is 0.243 e. The van der Waals surface area contributed by atoms with E-state index in [4.69, 9.17) is 9.47 Å². The van der Waals surface area contributed by atoms with E-state index in [1.54, 1.807) is 0 Å². The number of para-hydroxylation sites is 2. The summed E-state index contributed by atoms with van der Waals surface area (Å²) < 4.78 is 11.4. The molecule has 0 bridgehead atoms. The van der Waals surface area contributed by atoms with Gasteiger partial charge in [0.2, 0.25) is 5.91 Å². The summed E-state index contributed by atoms with van der Waals surface area (Å²) >= 11 is 0. The largest absolute Gasteiger partial charge is 0.494 e. The Morgan fingerprint density at radius 3 is 2.48 bits per heavy atom. The Labute approximate surface area is 174 Å². The van der Waals surface area contributed by atoms with Crippen LogP contribution in [0.25, 0.3) is 0 Å². The number of ether oxygens (including phenoxy) is 2. The highest BCUT2D eigenvalue weighted by molar-refractivity contribution is 5.95. The molecular formula is C24H32N2O3. The topological polar surface area (TPSA) is 59.6 Å². The molecule has 2 N–H and O–H groups in total. The fraction of sp³-hybridized carbons (Fsp3) is 0.375. The van der Waals surface area contributed by atoms with Crippen molar-refractivity contribution in [1.29, 1.82) is 0 Å². The van der Waals surface area contributed by atoms with Gasteiger partial charge in [0.15, 0.2) is 0 Å². The lowest BCUT2D eigenvalue weighted by molar-refractivity contribution is -0.114. The van der Waals surface area contributed by atoms with Crippen LogP contribution in [-0.2, 0) is 4.79 Å². The molecule has 2 aromatic rings. The van der Waals surface area contributed by atoms with Crippen LogP contribution in [0, 0.1) is 0 Å². The lowest BCUT2D eigenvalue weighted by Crippen LogP contribution is -2.22. The van der Waals surface area contributed by atoms with Crippen LogP contribution >= 0.6 is 0 Å². The summed E-state index contributed by atoms with van der Waals surface area (Å²) in [7, 11) is 0. The van der Waals surface area contributed by atoms with Gasteiger partial charge in [0.1, 0.15) is 18.1 Å². The van der Waals surface area contributed by atoms with Gasteiger partial charge in [-0.25, -0.2) is 0 Å². The molecular weight excluding hydrogens is 364 g/mol. The summed E-state index contributed by atoms with van der Waals surface area (Å²) in [6.45, 7) is 9.23. The molecule has 0 heterocycles. The van der Waals surface area contributed by atoms with Gasteiger partial charge in [0.25, 0.3) is 0 Å². The Morgan fingerprint density at radius 1 is 1.00 bits per heavy atom. The molecule has 0 saturated heterocycles. The van der Waals surface area contributed by atoms with E-state index in [2.05, 4.69) is 24.1 Å². The minimum Gasteiger partial charge on any atom is -0.494 e. The summed E-state index contributed by atoms with van der Waals surface area (Å²) in [6, 6.07) is 15.0. The predicted molar refractivity (Wildman–Crippen MR) is 120 cm³/mol. The Morgan fingerprint density at radius 2 is 1.76 bits per heavy atom. The molecule has 0 atom stereocenters. The highest BCUT2D eigenvalue weighted by Crippen LogP contribution is 2.24. The molecule has 0 aliphatic heterocycles. The predicted octanol–water partition coefficient (Wildman–Crippen LogP) is 5.65. The van der Waals surface area contributed by atoms with Gasteiger partial charge in [-0.3, -0.25) is 4.79 Å². The number of benzene rings is 2. The summed E-state index contributed by atoms with van der Waals surface area (Å²) in [5.41, 5.74) is 2.43. The third kappa shape index (κ3) is 8.73. The molecule has 0 aliphatic rings. The third-order valence-corrected chi connectivity index (χ3v) is 4.21. The van der Waals surface area contributed by atoms with Crippen LogP contribution in [0.3, 0.4) is 0 Å². The number of hydrogen-bond donors (Lipinski definition) is 2. The normalized spacial score (nSPS) is 10.3. The third-order valence-electron chi connectivity index (χ3n) is 4.21. The average molecular weight is 397 g/mol. The molecule has 0 unspecified atom stereocenters. The van der Waals surface area contributed by atoms with E-state index in [-0.39, 0.29) is 12.5 Å². The Kier molecular flexibility index (Phi) is 9.63. The van der Waals surface area contributed by atoms with Crippen LogP contribution in [0.5, 0.6) is 11.5 Å². The maximum atomic E-state index is 12.3. The summed E-state index contributed by atoms with van der Waals surface area (Å²) in [5, 5.41) is 6.00. The fourth-order valence-electron chi connectivity index (χ4n) is 2.66. The first-order valence-corrected chi connectivity index (χ1v) is 10.2. The van der Waals surface area contributed by atoms with Gasteiger partial charge < -0.3 is 20.1 Å². The zero-order chi connectivity index (χ0) is 20.9. The van der Waals surface area contributed by atoms with Crippen molar-refractivity contribution in [2.45, 2.75) is 39.5 Å². The van der Waals surface area contributed by atoms with Gasteiger partial charge in [0, 0.05) is 5.69 Å². The average Bonchev–Trinajstić information content (AvgIpc) is 2.72. The van der Waals surface area contributed by atoms with Gasteiger partial charge in [-0.1, -0.05) is 44.9 Å². The zero-order valence-corrected chi connectivity index (χ0v) is 17.5. The monoisotopic (exact) mass is 396 g/mol. The van der Waals surface area contributed by atoms with E-state index < -0.39 is 0 Å². The fourth-order valence-corrected chi connectivity index (χ4v) is 2.66. The van der Waals surface area contributed by atoms with Crippen molar-refractivity contribution in [3.8, 4) is 11.5 Å². The summed E-state index contributed by atoms with van der Waals surface area (Å²) in [4.78, 5) is 12.3. The van der Waals surface area contributed by atoms with Gasteiger partial charge in [-0.15, -0.1) is 0 Å². The second kappa shape index (κ2) is 12.5. The van der Waals surface area contributed by atoms with Crippen molar-refractivity contribution < 1.29 is 14.3 Å². The van der Waals surface area contributed by atoms with Crippen molar-refractivity contribution in [2.24, 2.45) is 0 Å².